The van der Waals surface area contributed by atoms with Gasteiger partial charge in [-0.3, -0.25) is 4.79 Å². The highest BCUT2D eigenvalue weighted by Gasteiger charge is 2.32. The monoisotopic (exact) mass is 221 g/mol. The summed E-state index contributed by atoms with van der Waals surface area (Å²) in [5.74, 6) is -2.26. The third kappa shape index (κ3) is 7.86. The van der Waals surface area contributed by atoms with E-state index in [0.717, 1.165) is 0 Å². The molecule has 7 nitrogen and oxygen atoms in total. The molecule has 0 unspecified atom stereocenters. The number of hydrogen-bond donors (Lipinski definition) is 5. The Bertz CT molecular complexity index is 216. The largest absolute Gasteiger partial charge is 0.481 e. The molecule has 0 aromatic heterocycles. The predicted octanol–water partition coefficient (Wildman–Crippen LogP) is -1.24. The molecule has 0 bridgehead atoms. The Kier molecular flexibility index (Phi) is 7.76. The summed E-state index contributed by atoms with van der Waals surface area (Å²) in [6.45, 7) is 3.55. The summed E-state index contributed by atoms with van der Waals surface area (Å²) in [7, 11) is 0. The lowest BCUT2D eigenvalue weighted by Gasteiger charge is -2.22. The fourth-order valence-electron chi connectivity index (χ4n) is 0.370. The second-order valence-electron chi connectivity index (χ2n) is 3.33. The van der Waals surface area contributed by atoms with Gasteiger partial charge in [-0.05, 0) is 5.92 Å². The molecular weight excluding hydrogens is 202 g/mol. The van der Waals surface area contributed by atoms with Crippen molar-refractivity contribution in [2.75, 3.05) is 6.54 Å². The number of carboxylic acids is 2. The molecule has 0 amide bonds. The van der Waals surface area contributed by atoms with Gasteiger partial charge in [-0.15, -0.1) is 0 Å². The molecule has 0 aromatic carbocycles. The zero-order chi connectivity index (χ0) is 12.6. The van der Waals surface area contributed by atoms with Crippen molar-refractivity contribution in [2.45, 2.75) is 25.9 Å². The zero-order valence-electron chi connectivity index (χ0n) is 8.93. The van der Waals surface area contributed by atoms with Gasteiger partial charge in [-0.2, -0.15) is 0 Å². The van der Waals surface area contributed by atoms with Gasteiger partial charge in [0, 0.05) is 6.54 Å². The first kappa shape index (κ1) is 16.3. The van der Waals surface area contributed by atoms with E-state index in [2.05, 4.69) is 0 Å². The fourth-order valence-corrected chi connectivity index (χ4v) is 0.370. The van der Waals surface area contributed by atoms with Gasteiger partial charge in [0.15, 0.2) is 5.66 Å². The summed E-state index contributed by atoms with van der Waals surface area (Å²) in [6, 6.07) is 0. The van der Waals surface area contributed by atoms with E-state index in [4.69, 9.17) is 27.4 Å². The highest BCUT2D eigenvalue weighted by Crippen LogP contribution is 2.05. The SMILES string of the molecule is CC(C)C(N)(N)C(=O)O.NCCC(=O)O. The molecule has 0 fully saturated rings. The molecule has 15 heavy (non-hydrogen) atoms. The summed E-state index contributed by atoms with van der Waals surface area (Å²) in [5, 5.41) is 16.2. The Balaban J connectivity index is 0. The summed E-state index contributed by atoms with van der Waals surface area (Å²) in [6.07, 6.45) is 0.0694. The van der Waals surface area contributed by atoms with Crippen LogP contribution in [0.25, 0.3) is 0 Å². The van der Waals surface area contributed by atoms with Crippen LogP contribution in [-0.4, -0.2) is 34.4 Å². The Morgan fingerprint density at radius 3 is 1.67 bits per heavy atom. The van der Waals surface area contributed by atoms with E-state index in [-0.39, 0.29) is 18.9 Å². The van der Waals surface area contributed by atoms with Gasteiger partial charge in [0.2, 0.25) is 0 Å². The number of aliphatic carboxylic acids is 2. The maximum atomic E-state index is 10.2. The molecule has 0 aliphatic carbocycles. The van der Waals surface area contributed by atoms with Crippen molar-refractivity contribution in [3.05, 3.63) is 0 Å². The second-order valence-corrected chi connectivity index (χ2v) is 3.33. The minimum Gasteiger partial charge on any atom is -0.481 e. The van der Waals surface area contributed by atoms with Gasteiger partial charge >= 0.3 is 11.9 Å². The summed E-state index contributed by atoms with van der Waals surface area (Å²) in [4.78, 5) is 19.7. The molecule has 0 saturated carbocycles. The molecular formula is C8H19N3O4. The molecule has 0 atom stereocenters. The first-order chi connectivity index (χ1) is 6.66. The quantitative estimate of drug-likeness (QED) is 0.372. The van der Waals surface area contributed by atoms with Gasteiger partial charge in [-0.25, -0.2) is 4.79 Å². The fraction of sp³-hybridized carbons (Fsp3) is 0.750. The minimum absolute atomic E-state index is 0.0694. The molecule has 0 aliphatic heterocycles. The van der Waals surface area contributed by atoms with Crippen molar-refractivity contribution in [1.29, 1.82) is 0 Å². The van der Waals surface area contributed by atoms with Gasteiger partial charge in [0.25, 0.3) is 0 Å². The van der Waals surface area contributed by atoms with Crippen molar-refractivity contribution >= 4 is 11.9 Å². The van der Waals surface area contributed by atoms with Gasteiger partial charge in [0.05, 0.1) is 6.42 Å². The highest BCUT2D eigenvalue weighted by atomic mass is 16.4. The van der Waals surface area contributed by atoms with Crippen LogP contribution in [0.15, 0.2) is 0 Å². The van der Waals surface area contributed by atoms with E-state index in [0.29, 0.717) is 0 Å². The third-order valence-corrected chi connectivity index (χ3v) is 1.68. The Morgan fingerprint density at radius 2 is 1.67 bits per heavy atom. The lowest BCUT2D eigenvalue weighted by atomic mass is 9.99. The number of nitrogens with two attached hydrogens (primary N) is 3. The second kappa shape index (κ2) is 7.16. The van der Waals surface area contributed by atoms with E-state index in [1.54, 1.807) is 13.8 Å². The average molecular weight is 221 g/mol. The lowest BCUT2D eigenvalue weighted by Crippen LogP contribution is -2.60. The van der Waals surface area contributed by atoms with Crippen LogP contribution in [0.1, 0.15) is 20.3 Å². The van der Waals surface area contributed by atoms with Gasteiger partial charge in [0.1, 0.15) is 0 Å². The van der Waals surface area contributed by atoms with Crippen molar-refractivity contribution in [2.24, 2.45) is 23.1 Å². The Morgan fingerprint density at radius 1 is 1.27 bits per heavy atom. The molecule has 90 valence electrons. The number of carbonyl (C=O) groups is 2. The molecule has 0 saturated heterocycles. The summed E-state index contributed by atoms with van der Waals surface area (Å²) >= 11 is 0. The highest BCUT2D eigenvalue weighted by molar-refractivity contribution is 5.77. The molecule has 0 spiro atoms. The Hall–Kier alpha value is -1.18. The van der Waals surface area contributed by atoms with Crippen LogP contribution in [0, 0.1) is 5.92 Å². The van der Waals surface area contributed by atoms with Crippen LogP contribution in [0.4, 0.5) is 0 Å². The number of hydrogen-bond acceptors (Lipinski definition) is 5. The third-order valence-electron chi connectivity index (χ3n) is 1.68. The van der Waals surface area contributed by atoms with E-state index in [1.165, 1.54) is 0 Å². The van der Waals surface area contributed by atoms with Crippen LogP contribution >= 0.6 is 0 Å². The molecule has 0 aromatic rings. The minimum atomic E-state index is -1.58. The molecule has 7 heteroatoms. The van der Waals surface area contributed by atoms with Crippen molar-refractivity contribution < 1.29 is 19.8 Å². The predicted molar refractivity (Wildman–Crippen MR) is 54.9 cm³/mol. The van der Waals surface area contributed by atoms with Crippen molar-refractivity contribution in [3.8, 4) is 0 Å². The first-order valence-corrected chi connectivity index (χ1v) is 4.39. The summed E-state index contributed by atoms with van der Waals surface area (Å²) in [5.41, 5.74) is 13.6. The van der Waals surface area contributed by atoms with Crippen LogP contribution < -0.4 is 17.2 Å². The molecule has 0 rings (SSSR count). The van der Waals surface area contributed by atoms with Gasteiger partial charge < -0.3 is 27.4 Å². The van der Waals surface area contributed by atoms with Crippen molar-refractivity contribution in [3.63, 3.8) is 0 Å². The van der Waals surface area contributed by atoms with Crippen LogP contribution in [-0.2, 0) is 9.59 Å². The first-order valence-electron chi connectivity index (χ1n) is 4.39. The van der Waals surface area contributed by atoms with Gasteiger partial charge in [-0.1, -0.05) is 13.8 Å². The maximum absolute atomic E-state index is 10.2. The van der Waals surface area contributed by atoms with Crippen molar-refractivity contribution in [1.82, 2.24) is 0 Å². The average Bonchev–Trinajstić information content (AvgIpc) is 2.04. The molecule has 0 heterocycles. The van der Waals surface area contributed by atoms with Crippen LogP contribution in [0.2, 0.25) is 0 Å². The van der Waals surface area contributed by atoms with E-state index in [9.17, 15) is 9.59 Å². The number of rotatable bonds is 4. The van der Waals surface area contributed by atoms with Crippen LogP contribution in [0.3, 0.4) is 0 Å². The number of carboxylic acid groups (broad SMARTS) is 2. The van der Waals surface area contributed by atoms with Crippen LogP contribution in [0.5, 0.6) is 0 Å². The normalized spacial score (nSPS) is 10.5. The standard InChI is InChI=1S/C5H12N2O2.C3H7NO2/c1-3(2)5(6,7)4(8)9;4-2-1-3(5)6/h3H,6-7H2,1-2H3,(H,8,9);1-2,4H2,(H,5,6). The summed E-state index contributed by atoms with van der Waals surface area (Å²) < 4.78 is 0. The topological polar surface area (TPSA) is 153 Å². The van der Waals surface area contributed by atoms with E-state index >= 15 is 0 Å². The zero-order valence-corrected chi connectivity index (χ0v) is 8.93. The lowest BCUT2D eigenvalue weighted by molar-refractivity contribution is -0.145. The van der Waals surface area contributed by atoms with E-state index < -0.39 is 17.6 Å². The smallest absolute Gasteiger partial charge is 0.338 e. The molecule has 0 aliphatic rings. The molecule has 0 radical (unpaired) electrons. The Labute approximate surface area is 88.2 Å². The maximum Gasteiger partial charge on any atom is 0.338 e. The van der Waals surface area contributed by atoms with E-state index in [1.807, 2.05) is 0 Å². The molecule has 8 N–H and O–H groups in total.